The first kappa shape index (κ1) is 22.8. The number of halogens is 1. The predicted octanol–water partition coefficient (Wildman–Crippen LogP) is 3.81. The van der Waals surface area contributed by atoms with Crippen molar-refractivity contribution < 1.29 is 9.13 Å². The van der Waals surface area contributed by atoms with Gasteiger partial charge in [0.25, 0.3) is 0 Å². The van der Waals surface area contributed by atoms with Crippen LogP contribution in [0.2, 0.25) is 0 Å². The van der Waals surface area contributed by atoms with E-state index < -0.39 is 5.82 Å². The molecule has 0 N–H and O–H groups in total. The van der Waals surface area contributed by atoms with Crippen LogP contribution >= 0.6 is 0 Å². The second-order valence-electron chi connectivity index (χ2n) is 10.2. The lowest BCUT2D eigenvalue weighted by Crippen LogP contribution is -2.48. The number of anilines is 1. The topological polar surface area (TPSA) is 67.3 Å². The van der Waals surface area contributed by atoms with Gasteiger partial charge in [-0.05, 0) is 12.8 Å². The van der Waals surface area contributed by atoms with Crippen molar-refractivity contribution in [3.8, 4) is 6.01 Å². The number of ether oxygens (including phenoxy) is 1. The van der Waals surface area contributed by atoms with Crippen LogP contribution in [0, 0.1) is 11.7 Å². The smallest absolute Gasteiger partial charge is 0.316 e. The Balaban J connectivity index is 1.31. The highest BCUT2D eigenvalue weighted by Crippen LogP contribution is 2.37. The number of hydrogen-bond acceptors (Lipinski definition) is 7. The molecule has 1 aliphatic heterocycles. The van der Waals surface area contributed by atoms with E-state index >= 15 is 0 Å². The SMILES string of the molecule is C[C@H](COc1ncc(F)cn1)CN1CCN(c2cc(C3CCC3)nc(C(C)(C)C)n2)CC1. The van der Waals surface area contributed by atoms with E-state index in [9.17, 15) is 4.39 Å². The molecule has 8 heteroatoms. The number of aromatic nitrogens is 4. The highest BCUT2D eigenvalue weighted by Gasteiger charge is 2.28. The zero-order chi connectivity index (χ0) is 22.7. The van der Waals surface area contributed by atoms with E-state index in [-0.39, 0.29) is 11.4 Å². The monoisotopic (exact) mass is 442 g/mol. The first-order chi connectivity index (χ1) is 15.3. The van der Waals surface area contributed by atoms with Crippen molar-refractivity contribution in [2.45, 2.75) is 58.3 Å². The Bertz CT molecular complexity index is 888. The summed E-state index contributed by atoms with van der Waals surface area (Å²) in [5, 5.41) is 0. The van der Waals surface area contributed by atoms with Crippen molar-refractivity contribution in [2.24, 2.45) is 5.92 Å². The number of nitrogens with zero attached hydrogens (tertiary/aromatic N) is 6. The molecule has 0 amide bonds. The van der Waals surface area contributed by atoms with Crippen LogP contribution in [0.25, 0.3) is 0 Å². The van der Waals surface area contributed by atoms with Crippen molar-refractivity contribution in [1.29, 1.82) is 0 Å². The summed E-state index contributed by atoms with van der Waals surface area (Å²) in [6.45, 7) is 14.1. The molecule has 0 aromatic carbocycles. The Morgan fingerprint density at radius 1 is 1.09 bits per heavy atom. The lowest BCUT2D eigenvalue weighted by molar-refractivity contribution is 0.171. The maximum atomic E-state index is 12.9. The fourth-order valence-corrected chi connectivity index (χ4v) is 4.11. The Kier molecular flexibility index (Phi) is 6.88. The van der Waals surface area contributed by atoms with Crippen molar-refractivity contribution in [1.82, 2.24) is 24.8 Å². The molecule has 2 aromatic heterocycles. The maximum absolute atomic E-state index is 12.9. The molecule has 4 rings (SSSR count). The average molecular weight is 443 g/mol. The van der Waals surface area contributed by atoms with Gasteiger partial charge in [-0.3, -0.25) is 4.90 Å². The fourth-order valence-electron chi connectivity index (χ4n) is 4.11. The molecule has 0 radical (unpaired) electrons. The van der Waals surface area contributed by atoms with Crippen molar-refractivity contribution in [2.75, 3.05) is 44.2 Å². The summed E-state index contributed by atoms with van der Waals surface area (Å²) in [5.41, 5.74) is 1.17. The minimum Gasteiger partial charge on any atom is -0.463 e. The number of rotatable bonds is 7. The molecular weight excluding hydrogens is 407 g/mol. The van der Waals surface area contributed by atoms with Crippen LogP contribution in [-0.4, -0.2) is 64.2 Å². The Hall–Kier alpha value is -2.35. The summed E-state index contributed by atoms with van der Waals surface area (Å²) in [4.78, 5) is 22.5. The van der Waals surface area contributed by atoms with Crippen LogP contribution in [0.4, 0.5) is 10.2 Å². The van der Waals surface area contributed by atoms with Gasteiger partial charge in [-0.2, -0.15) is 0 Å². The van der Waals surface area contributed by atoms with Gasteiger partial charge in [-0.25, -0.2) is 24.3 Å². The van der Waals surface area contributed by atoms with E-state index in [1.54, 1.807) is 0 Å². The van der Waals surface area contributed by atoms with E-state index in [0.29, 0.717) is 18.4 Å². The van der Waals surface area contributed by atoms with Crippen molar-refractivity contribution in [3.05, 3.63) is 35.8 Å². The molecule has 1 atom stereocenters. The van der Waals surface area contributed by atoms with E-state index in [4.69, 9.17) is 14.7 Å². The largest absolute Gasteiger partial charge is 0.463 e. The molecule has 2 aliphatic rings. The number of piperazine rings is 1. The molecule has 1 saturated heterocycles. The van der Waals surface area contributed by atoms with Crippen LogP contribution in [0.5, 0.6) is 6.01 Å². The predicted molar refractivity (Wildman–Crippen MR) is 123 cm³/mol. The lowest BCUT2D eigenvalue weighted by atomic mass is 9.82. The molecule has 174 valence electrons. The molecule has 2 fully saturated rings. The zero-order valence-electron chi connectivity index (χ0n) is 19.7. The summed E-state index contributed by atoms with van der Waals surface area (Å²) in [5.74, 6) is 2.50. The zero-order valence-corrected chi connectivity index (χ0v) is 19.7. The third kappa shape index (κ3) is 5.71. The molecule has 1 aliphatic carbocycles. The van der Waals surface area contributed by atoms with E-state index in [1.165, 1.54) is 25.0 Å². The van der Waals surface area contributed by atoms with Gasteiger partial charge in [-0.15, -0.1) is 0 Å². The minimum absolute atomic E-state index is 0.0556. The highest BCUT2D eigenvalue weighted by atomic mass is 19.1. The van der Waals surface area contributed by atoms with Gasteiger partial charge in [-0.1, -0.05) is 34.1 Å². The molecular formula is C24H35FN6O. The molecule has 1 saturated carbocycles. The second-order valence-corrected chi connectivity index (χ2v) is 10.2. The minimum atomic E-state index is -0.457. The summed E-state index contributed by atoms with van der Waals surface area (Å²) in [6, 6.07) is 2.46. The Labute approximate surface area is 190 Å². The molecule has 0 bridgehead atoms. The summed E-state index contributed by atoms with van der Waals surface area (Å²) < 4.78 is 18.5. The first-order valence-electron chi connectivity index (χ1n) is 11.7. The van der Waals surface area contributed by atoms with E-state index in [1.807, 2.05) is 0 Å². The van der Waals surface area contributed by atoms with Gasteiger partial charge in [0.15, 0.2) is 5.82 Å². The number of hydrogen-bond donors (Lipinski definition) is 0. The van der Waals surface area contributed by atoms with Crippen LogP contribution in [0.1, 0.15) is 64.4 Å². The van der Waals surface area contributed by atoms with Crippen LogP contribution in [0.3, 0.4) is 0 Å². The van der Waals surface area contributed by atoms with Crippen molar-refractivity contribution >= 4 is 5.82 Å². The average Bonchev–Trinajstić information content (AvgIpc) is 2.72. The van der Waals surface area contributed by atoms with Gasteiger partial charge >= 0.3 is 6.01 Å². The van der Waals surface area contributed by atoms with Crippen LogP contribution in [-0.2, 0) is 5.41 Å². The highest BCUT2D eigenvalue weighted by molar-refractivity contribution is 5.42. The molecule has 3 heterocycles. The third-order valence-electron chi connectivity index (χ3n) is 6.29. The quantitative estimate of drug-likeness (QED) is 0.646. The third-order valence-corrected chi connectivity index (χ3v) is 6.29. The lowest BCUT2D eigenvalue weighted by Gasteiger charge is -2.37. The van der Waals surface area contributed by atoms with Gasteiger partial charge in [0, 0.05) is 61.7 Å². The van der Waals surface area contributed by atoms with Gasteiger partial charge < -0.3 is 9.64 Å². The summed E-state index contributed by atoms with van der Waals surface area (Å²) >= 11 is 0. The molecule has 2 aromatic rings. The fraction of sp³-hybridized carbons (Fsp3) is 0.667. The molecule has 0 unspecified atom stereocenters. The summed E-state index contributed by atoms with van der Waals surface area (Å²) in [6.07, 6.45) is 6.05. The van der Waals surface area contributed by atoms with Gasteiger partial charge in [0.05, 0.1) is 19.0 Å². The molecule has 32 heavy (non-hydrogen) atoms. The molecule has 0 spiro atoms. The maximum Gasteiger partial charge on any atom is 0.316 e. The first-order valence-corrected chi connectivity index (χ1v) is 11.7. The normalized spacial score (nSPS) is 19.0. The second kappa shape index (κ2) is 9.65. The van der Waals surface area contributed by atoms with Crippen LogP contribution < -0.4 is 9.64 Å². The Morgan fingerprint density at radius 2 is 1.78 bits per heavy atom. The standard InChI is InChI=1S/C24H35FN6O/c1-17(16-32-23-26-13-19(25)14-27-23)15-30-8-10-31(11-9-30)21-12-20(18-6-5-7-18)28-22(29-21)24(2,3)4/h12-14,17-18H,5-11,15-16H2,1-4H3/t17-/m0/s1. The van der Waals surface area contributed by atoms with E-state index in [0.717, 1.165) is 56.8 Å². The molecule has 7 nitrogen and oxygen atoms in total. The Morgan fingerprint density at radius 3 is 2.38 bits per heavy atom. The van der Waals surface area contributed by atoms with Crippen molar-refractivity contribution in [3.63, 3.8) is 0 Å². The summed E-state index contributed by atoms with van der Waals surface area (Å²) in [7, 11) is 0. The van der Waals surface area contributed by atoms with E-state index in [2.05, 4.69) is 53.5 Å². The van der Waals surface area contributed by atoms with Gasteiger partial charge in [0.1, 0.15) is 11.6 Å². The van der Waals surface area contributed by atoms with Crippen LogP contribution in [0.15, 0.2) is 18.5 Å². The van der Waals surface area contributed by atoms with Gasteiger partial charge in [0.2, 0.25) is 0 Å².